The van der Waals surface area contributed by atoms with Crippen LogP contribution in [0.1, 0.15) is 41.2 Å². The lowest BCUT2D eigenvalue weighted by Crippen LogP contribution is -2.45. The van der Waals surface area contributed by atoms with Crippen LogP contribution in [0.2, 0.25) is 0 Å². The zero-order valence-electron chi connectivity index (χ0n) is 17.7. The first kappa shape index (κ1) is 21.8. The molecule has 1 heterocycles. The largest absolute Gasteiger partial charge is 0.458 e. The number of aromatic nitrogens is 2. The minimum atomic E-state index is -0.826. The molecule has 0 unspecified atom stereocenters. The molecule has 0 aliphatic heterocycles. The Morgan fingerprint density at radius 2 is 1.71 bits per heavy atom. The highest BCUT2D eigenvalue weighted by atomic mass is 16.5. The van der Waals surface area contributed by atoms with Crippen molar-refractivity contribution < 1.29 is 14.3 Å². The lowest BCUT2D eigenvalue weighted by molar-refractivity contribution is -0.148. The molecule has 0 bridgehead atoms. The summed E-state index contributed by atoms with van der Waals surface area (Å²) in [6, 6.07) is 19.3. The summed E-state index contributed by atoms with van der Waals surface area (Å²) in [7, 11) is 0. The second kappa shape index (κ2) is 9.72. The molecule has 2 aromatic carbocycles. The van der Waals surface area contributed by atoms with Crippen LogP contribution in [0.25, 0.3) is 5.69 Å². The van der Waals surface area contributed by atoms with Gasteiger partial charge in [-0.1, -0.05) is 50.2 Å². The van der Waals surface area contributed by atoms with E-state index in [1.165, 1.54) is 0 Å². The van der Waals surface area contributed by atoms with E-state index in [0.717, 1.165) is 5.69 Å². The number of hydrogen-bond acceptors (Lipinski definition) is 5. The standard InChI is InChI=1S/C24H24N4O3/c1-16(2)22(26-23(29)18-10-6-4-7-11-18)24(30)31-15-21-20(14-25)17(3)27-28(21)19-12-8-5-9-13-19/h4-13,16,22H,15H2,1-3H3,(H,26,29)/t22-/m0/s1. The number of nitriles is 1. The fourth-order valence-corrected chi connectivity index (χ4v) is 3.18. The highest BCUT2D eigenvalue weighted by Gasteiger charge is 2.27. The van der Waals surface area contributed by atoms with E-state index in [-0.39, 0.29) is 18.4 Å². The SMILES string of the molecule is Cc1nn(-c2ccccc2)c(COC(=O)[C@@H](NC(=O)c2ccccc2)C(C)C)c1C#N. The van der Waals surface area contributed by atoms with Gasteiger partial charge in [0.1, 0.15) is 24.3 Å². The van der Waals surface area contributed by atoms with Gasteiger partial charge in [-0.05, 0) is 37.1 Å². The van der Waals surface area contributed by atoms with Crippen molar-refractivity contribution in [3.63, 3.8) is 0 Å². The maximum atomic E-state index is 12.8. The molecule has 3 rings (SSSR count). The average Bonchev–Trinajstić information content (AvgIpc) is 3.11. The molecule has 1 aromatic heterocycles. The van der Waals surface area contributed by atoms with E-state index in [1.807, 2.05) is 50.2 Å². The fraction of sp³-hybridized carbons (Fsp3) is 0.250. The first-order valence-corrected chi connectivity index (χ1v) is 9.99. The molecule has 7 nitrogen and oxygen atoms in total. The van der Waals surface area contributed by atoms with Gasteiger partial charge in [0.2, 0.25) is 0 Å². The second-order valence-electron chi connectivity index (χ2n) is 7.44. The van der Waals surface area contributed by atoms with E-state index in [0.29, 0.717) is 22.5 Å². The molecule has 31 heavy (non-hydrogen) atoms. The second-order valence-corrected chi connectivity index (χ2v) is 7.44. The zero-order valence-corrected chi connectivity index (χ0v) is 17.7. The topological polar surface area (TPSA) is 97.0 Å². The molecule has 0 saturated heterocycles. The van der Waals surface area contributed by atoms with Gasteiger partial charge < -0.3 is 10.1 Å². The number of carbonyl (C=O) groups excluding carboxylic acids is 2. The van der Waals surface area contributed by atoms with E-state index in [1.54, 1.807) is 35.9 Å². The lowest BCUT2D eigenvalue weighted by atomic mass is 10.0. The van der Waals surface area contributed by atoms with Crippen LogP contribution in [-0.2, 0) is 16.1 Å². The quantitative estimate of drug-likeness (QED) is 0.594. The first-order chi connectivity index (χ1) is 14.9. The number of hydrogen-bond donors (Lipinski definition) is 1. The summed E-state index contributed by atoms with van der Waals surface area (Å²) in [6.07, 6.45) is 0. The molecule has 1 N–H and O–H groups in total. The number of rotatable bonds is 7. The predicted octanol–water partition coefficient (Wildman–Crippen LogP) is 3.55. The molecule has 0 aliphatic carbocycles. The van der Waals surface area contributed by atoms with Crippen molar-refractivity contribution >= 4 is 11.9 Å². The Kier molecular flexibility index (Phi) is 6.83. The lowest BCUT2D eigenvalue weighted by Gasteiger charge is -2.21. The summed E-state index contributed by atoms with van der Waals surface area (Å²) in [5.74, 6) is -1.10. The van der Waals surface area contributed by atoms with Crippen LogP contribution in [0.4, 0.5) is 0 Å². The van der Waals surface area contributed by atoms with Gasteiger partial charge in [0.05, 0.1) is 17.1 Å². The Balaban J connectivity index is 1.79. The van der Waals surface area contributed by atoms with Crippen LogP contribution < -0.4 is 5.32 Å². The molecule has 0 aliphatic rings. The Bertz CT molecular complexity index is 1100. The van der Waals surface area contributed by atoms with Gasteiger partial charge in [-0.2, -0.15) is 10.4 Å². The van der Waals surface area contributed by atoms with Gasteiger partial charge in [-0.25, -0.2) is 9.48 Å². The van der Waals surface area contributed by atoms with E-state index < -0.39 is 12.0 Å². The molecular weight excluding hydrogens is 392 g/mol. The molecule has 158 valence electrons. The van der Waals surface area contributed by atoms with Gasteiger partial charge >= 0.3 is 5.97 Å². The Morgan fingerprint density at radius 3 is 2.29 bits per heavy atom. The molecule has 0 spiro atoms. The molecule has 3 aromatic rings. The van der Waals surface area contributed by atoms with Crippen LogP contribution in [0, 0.1) is 24.2 Å². The number of ether oxygens (including phenoxy) is 1. The van der Waals surface area contributed by atoms with E-state index >= 15 is 0 Å². The summed E-state index contributed by atoms with van der Waals surface area (Å²) in [6.45, 7) is 5.26. The molecule has 1 amide bonds. The highest BCUT2D eigenvalue weighted by Crippen LogP contribution is 2.19. The number of carbonyl (C=O) groups is 2. The third-order valence-electron chi connectivity index (χ3n) is 4.86. The molecule has 1 atom stereocenters. The number of amides is 1. The maximum Gasteiger partial charge on any atom is 0.329 e. The van der Waals surface area contributed by atoms with Gasteiger partial charge in [-0.15, -0.1) is 0 Å². The summed E-state index contributed by atoms with van der Waals surface area (Å²) in [5, 5.41) is 16.7. The van der Waals surface area contributed by atoms with Crippen LogP contribution in [0.15, 0.2) is 60.7 Å². The Morgan fingerprint density at radius 1 is 1.10 bits per heavy atom. The van der Waals surface area contributed by atoms with Crippen molar-refractivity contribution in [1.29, 1.82) is 5.26 Å². The van der Waals surface area contributed by atoms with Crippen molar-refractivity contribution in [1.82, 2.24) is 15.1 Å². The van der Waals surface area contributed by atoms with Gasteiger partial charge in [-0.3, -0.25) is 4.79 Å². The number of benzene rings is 2. The molecular formula is C24H24N4O3. The third kappa shape index (κ3) is 4.98. The van der Waals surface area contributed by atoms with Crippen LogP contribution >= 0.6 is 0 Å². The van der Waals surface area contributed by atoms with Crippen molar-refractivity contribution in [2.24, 2.45) is 5.92 Å². The number of nitrogens with zero attached hydrogens (tertiary/aromatic N) is 3. The van der Waals surface area contributed by atoms with Gasteiger partial charge in [0.15, 0.2) is 0 Å². The predicted molar refractivity (Wildman–Crippen MR) is 115 cm³/mol. The van der Waals surface area contributed by atoms with Crippen molar-refractivity contribution in [3.8, 4) is 11.8 Å². The smallest absolute Gasteiger partial charge is 0.329 e. The number of aryl methyl sites for hydroxylation is 1. The molecule has 7 heteroatoms. The Hall–Kier alpha value is -3.92. The van der Waals surface area contributed by atoms with E-state index in [9.17, 15) is 14.9 Å². The minimum Gasteiger partial charge on any atom is -0.458 e. The van der Waals surface area contributed by atoms with E-state index in [2.05, 4.69) is 16.5 Å². The molecule has 0 radical (unpaired) electrons. The zero-order chi connectivity index (χ0) is 22.4. The third-order valence-corrected chi connectivity index (χ3v) is 4.86. The summed E-state index contributed by atoms with van der Waals surface area (Å²) < 4.78 is 7.15. The number of esters is 1. The highest BCUT2D eigenvalue weighted by molar-refractivity contribution is 5.96. The number of para-hydroxylation sites is 1. The van der Waals surface area contributed by atoms with Crippen molar-refractivity contribution in [3.05, 3.63) is 83.2 Å². The monoisotopic (exact) mass is 416 g/mol. The fourth-order valence-electron chi connectivity index (χ4n) is 3.18. The first-order valence-electron chi connectivity index (χ1n) is 9.99. The van der Waals surface area contributed by atoms with Crippen LogP contribution in [0.3, 0.4) is 0 Å². The molecule has 0 fully saturated rings. The van der Waals surface area contributed by atoms with E-state index in [4.69, 9.17) is 4.74 Å². The van der Waals surface area contributed by atoms with Gasteiger partial charge in [0, 0.05) is 5.56 Å². The normalized spacial score (nSPS) is 11.6. The van der Waals surface area contributed by atoms with Crippen molar-refractivity contribution in [2.45, 2.75) is 33.4 Å². The maximum absolute atomic E-state index is 12.8. The summed E-state index contributed by atoms with van der Waals surface area (Å²) in [4.78, 5) is 25.3. The summed E-state index contributed by atoms with van der Waals surface area (Å²) in [5.41, 5.74) is 2.62. The minimum absolute atomic E-state index is 0.137. The van der Waals surface area contributed by atoms with Crippen molar-refractivity contribution in [2.75, 3.05) is 0 Å². The molecule has 0 saturated carbocycles. The number of nitrogens with one attached hydrogen (secondary N) is 1. The average molecular weight is 416 g/mol. The van der Waals surface area contributed by atoms with Crippen LogP contribution in [-0.4, -0.2) is 27.7 Å². The van der Waals surface area contributed by atoms with Crippen LogP contribution in [0.5, 0.6) is 0 Å². The van der Waals surface area contributed by atoms with Gasteiger partial charge in [0.25, 0.3) is 5.91 Å². The summed E-state index contributed by atoms with van der Waals surface area (Å²) >= 11 is 0. The Labute approximate surface area is 181 Å².